The van der Waals surface area contributed by atoms with Gasteiger partial charge in [0.2, 0.25) is 0 Å². The van der Waals surface area contributed by atoms with Crippen LogP contribution in [-0.4, -0.2) is 89.6 Å². The Hall–Kier alpha value is -1.07. The van der Waals surface area contributed by atoms with Crippen LogP contribution in [0.5, 0.6) is 0 Å². The summed E-state index contributed by atoms with van der Waals surface area (Å²) in [5.41, 5.74) is 0. The Balaban J connectivity index is 2.21. The summed E-state index contributed by atoms with van der Waals surface area (Å²) in [5.74, 6) is -0.311. The maximum absolute atomic E-state index is 12.7. The third-order valence-corrected chi connectivity index (χ3v) is 10.9. The van der Waals surface area contributed by atoms with Crippen LogP contribution in [0.2, 0.25) is 0 Å². The summed E-state index contributed by atoms with van der Waals surface area (Å²) in [6.45, 7) is 4.58. The van der Waals surface area contributed by atoms with Crippen LogP contribution in [0.3, 0.4) is 0 Å². The largest absolute Gasteiger partial charge is 0.457 e. The van der Waals surface area contributed by atoms with Crippen molar-refractivity contribution >= 4 is 5.97 Å². The van der Waals surface area contributed by atoms with Gasteiger partial charge in [-0.1, -0.05) is 180 Å². The number of aliphatic hydroxyl groups is 4. The van der Waals surface area contributed by atoms with Crippen LogP contribution in [0, 0.1) is 0 Å². The first-order valence-corrected chi connectivity index (χ1v) is 23.3. The van der Waals surface area contributed by atoms with Crippen molar-refractivity contribution in [3.8, 4) is 0 Å². The van der Waals surface area contributed by atoms with Crippen molar-refractivity contribution in [2.75, 3.05) is 26.4 Å². The van der Waals surface area contributed by atoms with Gasteiger partial charge in [0, 0.05) is 13.0 Å². The molecule has 9 nitrogen and oxygen atoms in total. The van der Waals surface area contributed by atoms with Crippen LogP contribution >= 0.6 is 0 Å². The zero-order valence-electron chi connectivity index (χ0n) is 35.7. The highest BCUT2D eigenvalue weighted by Crippen LogP contribution is 2.23. The van der Waals surface area contributed by atoms with Gasteiger partial charge in [0.15, 0.2) is 6.29 Å². The lowest BCUT2D eigenvalue weighted by Gasteiger charge is -2.39. The van der Waals surface area contributed by atoms with E-state index < -0.39 is 43.4 Å². The highest BCUT2D eigenvalue weighted by Gasteiger charge is 2.44. The highest BCUT2D eigenvalue weighted by molar-refractivity contribution is 5.69. The Bertz CT molecular complexity index is 853. The number of unbranched alkanes of at least 4 members (excludes halogenated alkanes) is 27. The molecule has 0 aromatic rings. The SMILES string of the molecule is CCCCCCCC/C=C\CCCCCCCCCCCCOCC(COC1OC(CO)C(O)C(O)C1O)OC(=O)CCCCCCCCCCCCCC. The molecule has 9 heteroatoms. The fraction of sp³-hybridized carbons (Fsp3) is 0.935. The smallest absolute Gasteiger partial charge is 0.306 e. The molecule has 0 aromatic carbocycles. The predicted molar refractivity (Wildman–Crippen MR) is 224 cm³/mol. The number of esters is 1. The summed E-state index contributed by atoms with van der Waals surface area (Å²) in [4.78, 5) is 12.7. The number of ether oxygens (including phenoxy) is 4. The maximum Gasteiger partial charge on any atom is 0.306 e. The third-order valence-electron chi connectivity index (χ3n) is 10.9. The summed E-state index contributed by atoms with van der Waals surface area (Å²) >= 11 is 0. The van der Waals surface area contributed by atoms with E-state index in [9.17, 15) is 25.2 Å². The molecule has 1 heterocycles. The van der Waals surface area contributed by atoms with Gasteiger partial charge in [-0.3, -0.25) is 4.79 Å². The summed E-state index contributed by atoms with van der Waals surface area (Å²) < 4.78 is 22.8. The summed E-state index contributed by atoms with van der Waals surface area (Å²) in [5, 5.41) is 40.1. The minimum absolute atomic E-state index is 0.108. The Labute approximate surface area is 337 Å². The number of carbonyl (C=O) groups excluding carboxylic acids is 1. The van der Waals surface area contributed by atoms with Gasteiger partial charge in [0.1, 0.15) is 30.5 Å². The zero-order valence-corrected chi connectivity index (χ0v) is 35.7. The molecular formula is C46H88O9. The summed E-state index contributed by atoms with van der Waals surface area (Å²) in [6.07, 6.45) is 35.2. The average molecular weight is 785 g/mol. The molecule has 6 unspecified atom stereocenters. The Morgan fingerprint density at radius 3 is 1.47 bits per heavy atom. The van der Waals surface area contributed by atoms with Crippen molar-refractivity contribution in [3.63, 3.8) is 0 Å². The monoisotopic (exact) mass is 785 g/mol. The van der Waals surface area contributed by atoms with E-state index >= 15 is 0 Å². The minimum Gasteiger partial charge on any atom is -0.457 e. The Morgan fingerprint density at radius 2 is 1.00 bits per heavy atom. The molecule has 0 spiro atoms. The Morgan fingerprint density at radius 1 is 0.564 bits per heavy atom. The van der Waals surface area contributed by atoms with Gasteiger partial charge in [-0.15, -0.1) is 0 Å². The number of allylic oxidation sites excluding steroid dienone is 2. The standard InChI is InChI=1S/C46H88O9/c1-3-5-7-9-11-13-15-17-18-19-20-21-22-23-24-26-28-30-32-34-36-52-38-40(39-53-46-45(51)44(50)43(49)41(37-47)55-46)54-42(48)35-33-31-29-27-25-16-14-12-10-8-6-4-2/h17-18,40-41,43-47,49-51H,3-16,19-39H2,1-2H3/b18-17-. The van der Waals surface area contributed by atoms with Crippen LogP contribution < -0.4 is 0 Å². The van der Waals surface area contributed by atoms with Crippen LogP contribution in [0.4, 0.5) is 0 Å². The third kappa shape index (κ3) is 29.8. The van der Waals surface area contributed by atoms with Crippen LogP contribution in [-0.2, 0) is 23.7 Å². The Kier molecular flexibility index (Phi) is 36.3. The zero-order chi connectivity index (χ0) is 40.0. The van der Waals surface area contributed by atoms with Crippen molar-refractivity contribution < 1.29 is 44.2 Å². The molecule has 1 fully saturated rings. The predicted octanol–water partition coefficient (Wildman–Crippen LogP) is 10.4. The molecule has 4 N–H and O–H groups in total. The van der Waals surface area contributed by atoms with Gasteiger partial charge in [0.25, 0.3) is 0 Å². The van der Waals surface area contributed by atoms with E-state index in [4.69, 9.17) is 18.9 Å². The van der Waals surface area contributed by atoms with Gasteiger partial charge in [-0.25, -0.2) is 0 Å². The number of carbonyl (C=O) groups is 1. The number of hydrogen-bond donors (Lipinski definition) is 4. The minimum atomic E-state index is -1.53. The van der Waals surface area contributed by atoms with Gasteiger partial charge < -0.3 is 39.4 Å². The van der Waals surface area contributed by atoms with Gasteiger partial charge >= 0.3 is 5.97 Å². The average Bonchev–Trinajstić information content (AvgIpc) is 3.18. The van der Waals surface area contributed by atoms with Crippen molar-refractivity contribution in [2.24, 2.45) is 0 Å². The first-order valence-electron chi connectivity index (χ1n) is 23.3. The number of aliphatic hydroxyl groups excluding tert-OH is 4. The normalized spacial score (nSPS) is 20.7. The van der Waals surface area contributed by atoms with Crippen molar-refractivity contribution in [2.45, 2.75) is 250 Å². The topological polar surface area (TPSA) is 135 Å². The molecular weight excluding hydrogens is 696 g/mol. The highest BCUT2D eigenvalue weighted by atomic mass is 16.7. The second-order valence-corrected chi connectivity index (χ2v) is 16.2. The van der Waals surface area contributed by atoms with Crippen LogP contribution in [0.25, 0.3) is 0 Å². The van der Waals surface area contributed by atoms with Crippen LogP contribution in [0.1, 0.15) is 213 Å². The lowest BCUT2D eigenvalue weighted by molar-refractivity contribution is -0.305. The number of rotatable bonds is 40. The molecule has 0 amide bonds. The fourth-order valence-corrected chi connectivity index (χ4v) is 7.25. The molecule has 1 saturated heterocycles. The van der Waals surface area contributed by atoms with E-state index in [1.165, 1.54) is 161 Å². The van der Waals surface area contributed by atoms with Crippen LogP contribution in [0.15, 0.2) is 12.2 Å². The van der Waals surface area contributed by atoms with Crippen molar-refractivity contribution in [1.82, 2.24) is 0 Å². The quantitative estimate of drug-likeness (QED) is 0.0272. The molecule has 0 radical (unpaired) electrons. The molecule has 0 saturated carbocycles. The van der Waals surface area contributed by atoms with E-state index in [0.717, 1.165) is 32.1 Å². The molecule has 1 aliphatic heterocycles. The second-order valence-electron chi connectivity index (χ2n) is 16.2. The van der Waals surface area contributed by atoms with Gasteiger partial charge in [0.05, 0.1) is 19.8 Å². The van der Waals surface area contributed by atoms with E-state index in [1.54, 1.807) is 0 Å². The lowest BCUT2D eigenvalue weighted by atomic mass is 9.99. The molecule has 1 aliphatic rings. The molecule has 0 aromatic heterocycles. The molecule has 0 aliphatic carbocycles. The van der Waals surface area contributed by atoms with Gasteiger partial charge in [-0.05, 0) is 38.5 Å². The first-order chi connectivity index (χ1) is 26.9. The second kappa shape index (κ2) is 38.4. The molecule has 326 valence electrons. The molecule has 0 bridgehead atoms. The van der Waals surface area contributed by atoms with Crippen molar-refractivity contribution in [1.29, 1.82) is 0 Å². The molecule has 55 heavy (non-hydrogen) atoms. The maximum atomic E-state index is 12.7. The lowest BCUT2D eigenvalue weighted by Crippen LogP contribution is -2.59. The van der Waals surface area contributed by atoms with E-state index in [2.05, 4.69) is 26.0 Å². The summed E-state index contributed by atoms with van der Waals surface area (Å²) in [6, 6.07) is 0. The molecule has 1 rings (SSSR count). The summed E-state index contributed by atoms with van der Waals surface area (Å²) in [7, 11) is 0. The van der Waals surface area contributed by atoms with Crippen molar-refractivity contribution in [3.05, 3.63) is 12.2 Å². The molecule has 6 atom stereocenters. The fourth-order valence-electron chi connectivity index (χ4n) is 7.25. The van der Waals surface area contributed by atoms with E-state index in [0.29, 0.717) is 13.0 Å². The van der Waals surface area contributed by atoms with Gasteiger partial charge in [-0.2, -0.15) is 0 Å². The van der Waals surface area contributed by atoms with E-state index in [-0.39, 0.29) is 19.2 Å². The number of hydrogen-bond acceptors (Lipinski definition) is 9. The van der Waals surface area contributed by atoms with E-state index in [1.807, 2.05) is 0 Å². The first kappa shape index (κ1) is 51.9.